The standard InChI is InChI=1S/C20H22FNO3.ClH/c21-19-9-4-8-18(16-19)20(25,17-6-2-1-3-7-17)10-5-11-22(12-14-23)13-15-24;/h1-4,6-9,16,23-25H,11-15H2;1H. The Balaban J connectivity index is 0.00000338. The minimum absolute atomic E-state index is 0. The lowest BCUT2D eigenvalue weighted by molar-refractivity contribution is -0.893. The minimum Gasteiger partial charge on any atom is -1.00 e. The van der Waals surface area contributed by atoms with Gasteiger partial charge in [0.2, 0.25) is 0 Å². The van der Waals surface area contributed by atoms with Crippen molar-refractivity contribution in [3.8, 4) is 11.8 Å². The van der Waals surface area contributed by atoms with Gasteiger partial charge in [0.25, 0.3) is 0 Å². The summed E-state index contributed by atoms with van der Waals surface area (Å²) in [6.07, 6.45) is 0. The van der Waals surface area contributed by atoms with Crippen LogP contribution in [-0.2, 0) is 5.60 Å². The number of benzene rings is 2. The molecule has 140 valence electrons. The van der Waals surface area contributed by atoms with Crippen LogP contribution in [0.15, 0.2) is 54.6 Å². The number of halogens is 2. The molecule has 0 fully saturated rings. The van der Waals surface area contributed by atoms with E-state index in [1.54, 1.807) is 30.3 Å². The van der Waals surface area contributed by atoms with E-state index in [9.17, 15) is 9.50 Å². The Labute approximate surface area is 159 Å². The van der Waals surface area contributed by atoms with E-state index >= 15 is 0 Å². The maximum atomic E-state index is 13.6. The van der Waals surface area contributed by atoms with E-state index in [1.165, 1.54) is 18.2 Å². The first-order valence-electron chi connectivity index (χ1n) is 8.19. The van der Waals surface area contributed by atoms with Crippen LogP contribution in [0, 0.1) is 17.7 Å². The first-order valence-corrected chi connectivity index (χ1v) is 8.19. The minimum atomic E-state index is -1.63. The average molecular weight is 380 g/mol. The molecule has 0 aliphatic carbocycles. The molecule has 4 nitrogen and oxygen atoms in total. The lowest BCUT2D eigenvalue weighted by Crippen LogP contribution is -3.12. The molecular weight excluding hydrogens is 357 g/mol. The van der Waals surface area contributed by atoms with E-state index in [4.69, 9.17) is 10.2 Å². The van der Waals surface area contributed by atoms with E-state index in [0.29, 0.717) is 30.8 Å². The van der Waals surface area contributed by atoms with E-state index in [2.05, 4.69) is 11.8 Å². The molecule has 1 atom stereocenters. The summed E-state index contributed by atoms with van der Waals surface area (Å²) < 4.78 is 13.6. The van der Waals surface area contributed by atoms with Crippen LogP contribution in [0.4, 0.5) is 4.39 Å². The largest absolute Gasteiger partial charge is 1.00 e. The third kappa shape index (κ3) is 5.80. The molecule has 0 aromatic heterocycles. The maximum Gasteiger partial charge on any atom is 0.177 e. The van der Waals surface area contributed by atoms with Gasteiger partial charge in [-0.1, -0.05) is 48.4 Å². The molecule has 26 heavy (non-hydrogen) atoms. The van der Waals surface area contributed by atoms with Gasteiger partial charge in [-0.15, -0.1) is 0 Å². The van der Waals surface area contributed by atoms with Gasteiger partial charge >= 0.3 is 0 Å². The molecule has 0 amide bonds. The summed E-state index contributed by atoms with van der Waals surface area (Å²) >= 11 is 0. The van der Waals surface area contributed by atoms with Crippen molar-refractivity contribution in [3.63, 3.8) is 0 Å². The van der Waals surface area contributed by atoms with Gasteiger partial charge in [0, 0.05) is 11.1 Å². The highest BCUT2D eigenvalue weighted by Crippen LogP contribution is 2.29. The van der Waals surface area contributed by atoms with Gasteiger partial charge < -0.3 is 32.6 Å². The van der Waals surface area contributed by atoms with Crippen molar-refractivity contribution in [2.75, 3.05) is 32.8 Å². The molecule has 0 spiro atoms. The van der Waals surface area contributed by atoms with Gasteiger partial charge in [-0.3, -0.25) is 0 Å². The van der Waals surface area contributed by atoms with Crippen molar-refractivity contribution in [1.29, 1.82) is 0 Å². The monoisotopic (exact) mass is 379 g/mol. The second kappa shape index (κ2) is 10.9. The SMILES string of the molecule is OCC[NH+](CC#CC(O)(c1ccccc1)c1cccc(F)c1)CCO.[Cl-]. The van der Waals surface area contributed by atoms with Crippen molar-refractivity contribution >= 4 is 0 Å². The zero-order chi connectivity index (χ0) is 18.1. The Morgan fingerprint density at radius 2 is 1.54 bits per heavy atom. The fraction of sp³-hybridized carbons (Fsp3) is 0.300. The van der Waals surface area contributed by atoms with Crippen LogP contribution in [0.1, 0.15) is 11.1 Å². The molecule has 6 heteroatoms. The third-order valence-corrected chi connectivity index (χ3v) is 3.97. The lowest BCUT2D eigenvalue weighted by atomic mass is 9.87. The summed E-state index contributed by atoms with van der Waals surface area (Å²) in [5.74, 6) is 5.35. The zero-order valence-electron chi connectivity index (χ0n) is 14.3. The summed E-state index contributed by atoms with van der Waals surface area (Å²) in [6, 6.07) is 14.7. The van der Waals surface area contributed by atoms with Gasteiger partial charge in [-0.05, 0) is 18.1 Å². The Hall–Kier alpha value is -1.94. The number of aliphatic hydroxyl groups excluding tert-OH is 2. The normalized spacial score (nSPS) is 12.7. The molecule has 0 saturated carbocycles. The van der Waals surface area contributed by atoms with Crippen LogP contribution in [0.3, 0.4) is 0 Å². The van der Waals surface area contributed by atoms with Gasteiger partial charge in [-0.2, -0.15) is 0 Å². The summed E-state index contributed by atoms with van der Waals surface area (Å²) in [4.78, 5) is 0.909. The zero-order valence-corrected chi connectivity index (χ0v) is 15.1. The second-order valence-corrected chi connectivity index (χ2v) is 5.76. The third-order valence-electron chi connectivity index (χ3n) is 3.97. The maximum absolute atomic E-state index is 13.6. The highest BCUT2D eigenvalue weighted by atomic mass is 35.5. The molecule has 1 unspecified atom stereocenters. The number of rotatable bonds is 7. The summed E-state index contributed by atoms with van der Waals surface area (Å²) in [7, 11) is 0. The topological polar surface area (TPSA) is 65.1 Å². The van der Waals surface area contributed by atoms with Crippen LogP contribution in [-0.4, -0.2) is 48.2 Å². The molecular formula is C20H23ClFNO3. The lowest BCUT2D eigenvalue weighted by Gasteiger charge is -2.24. The summed E-state index contributed by atoms with van der Waals surface area (Å²) in [5.41, 5.74) is -0.719. The van der Waals surface area contributed by atoms with Crippen molar-refractivity contribution in [3.05, 3.63) is 71.5 Å². The number of aliphatic hydroxyl groups is 3. The predicted octanol–water partition coefficient (Wildman–Crippen LogP) is -3.06. The molecule has 0 bridgehead atoms. The molecule has 4 N–H and O–H groups in total. The average Bonchev–Trinajstić information content (AvgIpc) is 2.62. The fourth-order valence-electron chi connectivity index (χ4n) is 2.62. The highest BCUT2D eigenvalue weighted by molar-refractivity contribution is 5.44. The molecule has 2 rings (SSSR count). The number of hydrogen-bond acceptors (Lipinski definition) is 3. The van der Waals surface area contributed by atoms with Crippen molar-refractivity contribution in [1.82, 2.24) is 0 Å². The summed E-state index contributed by atoms with van der Waals surface area (Å²) in [6.45, 7) is 1.25. The first kappa shape index (κ1) is 22.1. The van der Waals surface area contributed by atoms with Crippen molar-refractivity contribution < 1.29 is 37.0 Å². The fourth-order valence-corrected chi connectivity index (χ4v) is 2.62. The molecule has 0 heterocycles. The molecule has 0 saturated heterocycles. The van der Waals surface area contributed by atoms with Gasteiger partial charge in [0.1, 0.15) is 25.5 Å². The molecule has 0 radical (unpaired) electrons. The smallest absolute Gasteiger partial charge is 0.177 e. The molecule has 2 aromatic carbocycles. The van der Waals surface area contributed by atoms with Crippen LogP contribution >= 0.6 is 0 Å². The molecule has 2 aromatic rings. The molecule has 0 aliphatic rings. The van der Waals surface area contributed by atoms with E-state index < -0.39 is 11.4 Å². The quantitative estimate of drug-likeness (QED) is 0.386. The van der Waals surface area contributed by atoms with Gasteiger partial charge in [0.05, 0.1) is 13.2 Å². The first-order chi connectivity index (χ1) is 12.1. The van der Waals surface area contributed by atoms with Crippen LogP contribution in [0.5, 0.6) is 0 Å². The second-order valence-electron chi connectivity index (χ2n) is 5.76. The Morgan fingerprint density at radius 1 is 0.923 bits per heavy atom. The van der Waals surface area contributed by atoms with Gasteiger partial charge in [0.15, 0.2) is 5.60 Å². The number of quaternary nitrogens is 1. The highest BCUT2D eigenvalue weighted by Gasteiger charge is 2.29. The Kier molecular flexibility index (Phi) is 9.28. The number of nitrogens with one attached hydrogen (secondary N) is 1. The van der Waals surface area contributed by atoms with Crippen LogP contribution in [0.25, 0.3) is 0 Å². The predicted molar refractivity (Wildman–Crippen MR) is 93.4 cm³/mol. The van der Waals surface area contributed by atoms with Crippen molar-refractivity contribution in [2.24, 2.45) is 0 Å². The Bertz CT molecular complexity index is 727. The molecule has 0 aliphatic heterocycles. The van der Waals surface area contributed by atoms with E-state index in [0.717, 1.165) is 4.90 Å². The van der Waals surface area contributed by atoms with Crippen molar-refractivity contribution in [2.45, 2.75) is 5.60 Å². The van der Waals surface area contributed by atoms with Crippen LogP contribution in [0.2, 0.25) is 0 Å². The summed E-state index contributed by atoms with van der Waals surface area (Å²) in [5, 5.41) is 29.3. The number of hydrogen-bond donors (Lipinski definition) is 4. The van der Waals surface area contributed by atoms with Crippen LogP contribution < -0.4 is 17.3 Å². The van der Waals surface area contributed by atoms with E-state index in [1.807, 2.05) is 6.07 Å². The Morgan fingerprint density at radius 3 is 2.12 bits per heavy atom. The van der Waals surface area contributed by atoms with E-state index in [-0.39, 0.29) is 25.6 Å². The van der Waals surface area contributed by atoms with Gasteiger partial charge in [-0.25, -0.2) is 4.39 Å².